The molecule has 23 heavy (non-hydrogen) atoms. The molecule has 0 saturated carbocycles. The maximum atomic E-state index is 6.44. The van der Waals surface area contributed by atoms with Gasteiger partial charge in [0.25, 0.3) is 0 Å². The van der Waals surface area contributed by atoms with E-state index >= 15 is 0 Å². The summed E-state index contributed by atoms with van der Waals surface area (Å²) in [4.78, 5) is 2.41. The molecule has 1 radical (unpaired) electrons. The lowest BCUT2D eigenvalue weighted by atomic mass is 9.76. The van der Waals surface area contributed by atoms with E-state index in [0.717, 1.165) is 6.54 Å². The summed E-state index contributed by atoms with van der Waals surface area (Å²) in [6.45, 7) is 5.37. The summed E-state index contributed by atoms with van der Waals surface area (Å²) in [7, 11) is 1.98. The molecule has 0 bridgehead atoms. The number of nitrogens with zero attached hydrogens (tertiary/aromatic N) is 1. The molecule has 0 spiro atoms. The van der Waals surface area contributed by atoms with Crippen molar-refractivity contribution in [1.82, 2.24) is 4.81 Å². The molecule has 2 aromatic rings. The first-order chi connectivity index (χ1) is 11.2. The molecule has 2 fully saturated rings. The van der Waals surface area contributed by atoms with Crippen molar-refractivity contribution < 1.29 is 4.65 Å². The topological polar surface area (TPSA) is 12.5 Å². The number of piperidine rings is 1. The molecule has 2 aliphatic heterocycles. The minimum absolute atomic E-state index is 0.373. The zero-order valence-corrected chi connectivity index (χ0v) is 14.0. The SMILES string of the molecule is Cc1ccc(C2(c3ccc(C)cc3)O[B]N3CCCC[C@H]32)cc1. The highest BCUT2D eigenvalue weighted by Crippen LogP contribution is 2.46. The second-order valence-electron chi connectivity index (χ2n) is 6.94. The van der Waals surface area contributed by atoms with Crippen molar-refractivity contribution in [1.29, 1.82) is 0 Å². The van der Waals surface area contributed by atoms with Crippen LogP contribution in [0, 0.1) is 13.8 Å². The van der Waals surface area contributed by atoms with E-state index in [0.29, 0.717) is 6.04 Å². The molecule has 2 nitrogen and oxygen atoms in total. The Morgan fingerprint density at radius 3 is 2.04 bits per heavy atom. The molecular weight excluding hydrogens is 281 g/mol. The predicted octanol–water partition coefficient (Wildman–Crippen LogP) is 3.97. The number of hydrogen-bond acceptors (Lipinski definition) is 2. The summed E-state index contributed by atoms with van der Waals surface area (Å²) < 4.78 is 6.44. The molecule has 3 heteroatoms. The maximum Gasteiger partial charge on any atom is 0.400 e. The zero-order valence-electron chi connectivity index (χ0n) is 14.0. The van der Waals surface area contributed by atoms with Crippen LogP contribution in [-0.2, 0) is 10.3 Å². The van der Waals surface area contributed by atoms with E-state index in [1.165, 1.54) is 41.5 Å². The molecule has 2 aliphatic rings. The predicted molar refractivity (Wildman–Crippen MR) is 94.3 cm³/mol. The first-order valence-electron chi connectivity index (χ1n) is 8.61. The zero-order chi connectivity index (χ0) is 15.9. The van der Waals surface area contributed by atoms with Gasteiger partial charge < -0.3 is 9.47 Å². The van der Waals surface area contributed by atoms with Crippen LogP contribution in [0.3, 0.4) is 0 Å². The summed E-state index contributed by atoms with van der Waals surface area (Å²) in [5.41, 5.74) is 4.72. The van der Waals surface area contributed by atoms with Crippen molar-refractivity contribution in [2.75, 3.05) is 6.54 Å². The van der Waals surface area contributed by atoms with E-state index in [-0.39, 0.29) is 5.60 Å². The quantitative estimate of drug-likeness (QED) is 0.779. The molecule has 1 atom stereocenters. The van der Waals surface area contributed by atoms with E-state index in [9.17, 15) is 0 Å². The third kappa shape index (κ3) is 2.43. The van der Waals surface area contributed by atoms with Crippen LogP contribution >= 0.6 is 0 Å². The summed E-state index contributed by atoms with van der Waals surface area (Å²) in [5, 5.41) is 0. The third-order valence-corrected chi connectivity index (χ3v) is 5.35. The summed E-state index contributed by atoms with van der Waals surface area (Å²) in [6.07, 6.45) is 3.71. The average Bonchev–Trinajstić information content (AvgIpc) is 2.97. The summed E-state index contributed by atoms with van der Waals surface area (Å²) >= 11 is 0. The van der Waals surface area contributed by atoms with Crippen molar-refractivity contribution in [2.24, 2.45) is 0 Å². The van der Waals surface area contributed by atoms with Gasteiger partial charge in [-0.3, -0.25) is 0 Å². The van der Waals surface area contributed by atoms with E-state index in [1.54, 1.807) is 0 Å². The lowest BCUT2D eigenvalue weighted by Gasteiger charge is -2.41. The molecule has 117 valence electrons. The van der Waals surface area contributed by atoms with Crippen LogP contribution in [0.25, 0.3) is 0 Å². The summed E-state index contributed by atoms with van der Waals surface area (Å²) in [5.74, 6) is 0. The maximum absolute atomic E-state index is 6.44. The number of rotatable bonds is 2. The fourth-order valence-corrected chi connectivity index (χ4v) is 4.04. The number of hydrogen-bond donors (Lipinski definition) is 0. The molecule has 2 saturated heterocycles. The average molecular weight is 304 g/mol. The standard InChI is InChI=1S/C20H23BNO/c1-15-6-10-17(11-7-15)20(18-12-8-16(2)9-13-18)19-5-3-4-14-22(19)21-23-20/h6-13,19H,3-5,14H2,1-2H3/t19-/m0/s1. The van der Waals surface area contributed by atoms with Gasteiger partial charge in [0.1, 0.15) is 5.60 Å². The smallest absolute Gasteiger partial charge is 0.400 e. The Morgan fingerprint density at radius 2 is 1.48 bits per heavy atom. The van der Waals surface area contributed by atoms with Crippen molar-refractivity contribution in [2.45, 2.75) is 44.8 Å². The van der Waals surface area contributed by atoms with Crippen LogP contribution in [-0.4, -0.2) is 25.0 Å². The minimum Gasteiger partial charge on any atom is -0.409 e. The van der Waals surface area contributed by atoms with Gasteiger partial charge in [0.15, 0.2) is 0 Å². The number of fused-ring (bicyclic) bond motifs is 1. The highest BCUT2D eigenvalue weighted by atomic mass is 16.5. The van der Waals surface area contributed by atoms with Crippen LogP contribution in [0.4, 0.5) is 0 Å². The number of benzene rings is 2. The molecule has 0 amide bonds. The third-order valence-electron chi connectivity index (χ3n) is 5.35. The lowest BCUT2D eigenvalue weighted by Crippen LogP contribution is -2.46. The minimum atomic E-state index is -0.373. The Kier molecular flexibility index (Phi) is 3.78. The molecule has 0 aliphatic carbocycles. The van der Waals surface area contributed by atoms with Crippen LogP contribution in [0.1, 0.15) is 41.5 Å². The van der Waals surface area contributed by atoms with Crippen LogP contribution in [0.5, 0.6) is 0 Å². The van der Waals surface area contributed by atoms with Gasteiger partial charge in [-0.25, -0.2) is 0 Å². The van der Waals surface area contributed by atoms with Crippen LogP contribution in [0.15, 0.2) is 48.5 Å². The Balaban J connectivity index is 1.86. The van der Waals surface area contributed by atoms with E-state index in [2.05, 4.69) is 67.2 Å². The van der Waals surface area contributed by atoms with Crippen LogP contribution in [0.2, 0.25) is 0 Å². The molecule has 4 rings (SSSR count). The highest BCUT2D eigenvalue weighted by molar-refractivity contribution is 6.25. The van der Waals surface area contributed by atoms with Crippen LogP contribution < -0.4 is 0 Å². The second kappa shape index (κ2) is 5.81. The van der Waals surface area contributed by atoms with Gasteiger partial charge >= 0.3 is 7.62 Å². The Bertz CT molecular complexity index is 634. The first-order valence-corrected chi connectivity index (χ1v) is 8.61. The van der Waals surface area contributed by atoms with Gasteiger partial charge in [-0.1, -0.05) is 66.1 Å². The molecule has 0 N–H and O–H groups in total. The monoisotopic (exact) mass is 304 g/mol. The van der Waals surface area contributed by atoms with E-state index in [1.807, 2.05) is 7.62 Å². The van der Waals surface area contributed by atoms with Gasteiger partial charge in [-0.05, 0) is 44.4 Å². The number of aryl methyl sites for hydroxylation is 2. The fourth-order valence-electron chi connectivity index (χ4n) is 4.04. The van der Waals surface area contributed by atoms with Gasteiger partial charge in [-0.2, -0.15) is 0 Å². The van der Waals surface area contributed by atoms with Gasteiger partial charge in [0, 0.05) is 6.04 Å². The van der Waals surface area contributed by atoms with Crippen molar-refractivity contribution >= 4 is 7.62 Å². The van der Waals surface area contributed by atoms with Crippen molar-refractivity contribution in [3.63, 3.8) is 0 Å². The van der Waals surface area contributed by atoms with Crippen molar-refractivity contribution in [3.05, 3.63) is 70.8 Å². The second-order valence-corrected chi connectivity index (χ2v) is 6.94. The molecule has 2 heterocycles. The molecule has 2 aromatic carbocycles. The Labute approximate surface area is 139 Å². The van der Waals surface area contributed by atoms with Crippen molar-refractivity contribution in [3.8, 4) is 0 Å². The summed E-state index contributed by atoms with van der Waals surface area (Å²) in [6, 6.07) is 18.1. The molecule has 0 aromatic heterocycles. The van der Waals surface area contributed by atoms with E-state index in [4.69, 9.17) is 4.65 Å². The fraction of sp³-hybridized carbons (Fsp3) is 0.400. The van der Waals surface area contributed by atoms with Gasteiger partial charge in [0.05, 0.1) is 0 Å². The highest BCUT2D eigenvalue weighted by Gasteiger charge is 2.51. The Morgan fingerprint density at radius 1 is 0.913 bits per heavy atom. The molecular formula is C20H23BNO. The normalized spacial score (nSPS) is 23.3. The Hall–Kier alpha value is -1.58. The first kappa shape index (κ1) is 15.0. The van der Waals surface area contributed by atoms with E-state index < -0.39 is 0 Å². The lowest BCUT2D eigenvalue weighted by molar-refractivity contribution is 0.0839. The van der Waals surface area contributed by atoms with Gasteiger partial charge in [-0.15, -0.1) is 0 Å². The van der Waals surface area contributed by atoms with Gasteiger partial charge in [0.2, 0.25) is 0 Å². The largest absolute Gasteiger partial charge is 0.409 e. The molecule has 0 unspecified atom stereocenters.